The van der Waals surface area contributed by atoms with E-state index in [1.165, 1.54) is 12.8 Å². The fraction of sp³-hybridized carbons (Fsp3) is 0.571. The van der Waals surface area contributed by atoms with E-state index in [2.05, 4.69) is 33.2 Å². The zero-order valence-electron chi connectivity index (χ0n) is 11.6. The van der Waals surface area contributed by atoms with Gasteiger partial charge in [0.2, 0.25) is 5.95 Å². The van der Waals surface area contributed by atoms with Gasteiger partial charge in [0, 0.05) is 24.8 Å². The third kappa shape index (κ3) is 2.20. The van der Waals surface area contributed by atoms with Crippen LogP contribution in [-0.4, -0.2) is 47.3 Å². The van der Waals surface area contributed by atoms with E-state index in [-0.39, 0.29) is 0 Å². The van der Waals surface area contributed by atoms with E-state index in [9.17, 15) is 0 Å². The lowest BCUT2D eigenvalue weighted by Gasteiger charge is -2.27. The van der Waals surface area contributed by atoms with Gasteiger partial charge in [0.15, 0.2) is 0 Å². The summed E-state index contributed by atoms with van der Waals surface area (Å²) in [5, 5.41) is 4.61. The summed E-state index contributed by atoms with van der Waals surface area (Å²) in [5.74, 6) is 1.76. The van der Waals surface area contributed by atoms with Gasteiger partial charge in [0.1, 0.15) is 11.5 Å². The molecule has 4 rings (SSSR count). The van der Waals surface area contributed by atoms with Gasteiger partial charge in [-0.05, 0) is 25.8 Å². The molecule has 0 amide bonds. The molecule has 2 fully saturated rings. The van der Waals surface area contributed by atoms with Crippen LogP contribution >= 0.6 is 0 Å². The molecule has 3 heterocycles. The minimum Gasteiger partial charge on any atom is -0.378 e. The third-order valence-electron chi connectivity index (χ3n) is 3.82. The number of ether oxygens (including phenoxy) is 1. The van der Waals surface area contributed by atoms with Gasteiger partial charge in [-0.15, -0.1) is 0 Å². The zero-order valence-corrected chi connectivity index (χ0v) is 11.6. The summed E-state index contributed by atoms with van der Waals surface area (Å²) in [5.41, 5.74) is 2.04. The predicted molar refractivity (Wildman–Crippen MR) is 78.3 cm³/mol. The number of nitrogens with zero attached hydrogens (tertiary/aromatic N) is 3. The highest BCUT2D eigenvalue weighted by Gasteiger charge is 2.24. The summed E-state index contributed by atoms with van der Waals surface area (Å²) in [6.45, 7) is 5.26. The van der Waals surface area contributed by atoms with E-state index in [1.54, 1.807) is 0 Å². The van der Waals surface area contributed by atoms with E-state index >= 15 is 0 Å². The Hall–Kier alpha value is -1.82. The molecule has 6 nitrogen and oxygen atoms in total. The first-order valence-corrected chi connectivity index (χ1v) is 7.26. The first-order chi connectivity index (χ1) is 9.79. The molecule has 1 saturated heterocycles. The number of fused-ring (bicyclic) bond motifs is 1. The lowest BCUT2D eigenvalue weighted by atomic mass is 10.3. The largest absolute Gasteiger partial charge is 0.378 e. The molecular weight excluding hydrogens is 254 g/mol. The summed E-state index contributed by atoms with van der Waals surface area (Å²) < 4.78 is 5.40. The maximum absolute atomic E-state index is 5.40. The Morgan fingerprint density at radius 3 is 2.85 bits per heavy atom. The van der Waals surface area contributed by atoms with Crippen LogP contribution < -0.4 is 10.2 Å². The van der Waals surface area contributed by atoms with Crippen molar-refractivity contribution in [2.24, 2.45) is 0 Å². The molecule has 6 heteroatoms. The second-order valence-corrected chi connectivity index (χ2v) is 5.60. The molecule has 2 aromatic rings. The smallest absolute Gasteiger partial charge is 0.229 e. The Balaban J connectivity index is 1.75. The van der Waals surface area contributed by atoms with Crippen molar-refractivity contribution in [3.8, 4) is 0 Å². The Labute approximate surface area is 117 Å². The van der Waals surface area contributed by atoms with Crippen molar-refractivity contribution in [2.45, 2.75) is 25.8 Å². The van der Waals surface area contributed by atoms with E-state index in [1.807, 2.05) is 0 Å². The van der Waals surface area contributed by atoms with E-state index in [0.717, 1.165) is 54.8 Å². The van der Waals surface area contributed by atoms with Gasteiger partial charge in [-0.1, -0.05) is 0 Å². The highest BCUT2D eigenvalue weighted by molar-refractivity contribution is 5.89. The lowest BCUT2D eigenvalue weighted by Crippen LogP contribution is -2.37. The molecule has 106 valence electrons. The van der Waals surface area contributed by atoms with Crippen molar-refractivity contribution in [1.29, 1.82) is 0 Å². The van der Waals surface area contributed by atoms with Crippen LogP contribution in [0.5, 0.6) is 0 Å². The highest BCUT2D eigenvalue weighted by atomic mass is 16.5. The number of anilines is 2. The Morgan fingerprint density at radius 1 is 1.30 bits per heavy atom. The number of hydrogen-bond donors (Lipinski definition) is 2. The molecule has 1 aliphatic carbocycles. The molecule has 0 unspecified atom stereocenters. The van der Waals surface area contributed by atoms with Crippen molar-refractivity contribution in [2.75, 3.05) is 36.5 Å². The summed E-state index contributed by atoms with van der Waals surface area (Å²) in [7, 11) is 0. The maximum Gasteiger partial charge on any atom is 0.229 e. The Bertz CT molecular complexity index is 628. The van der Waals surface area contributed by atoms with E-state index in [0.29, 0.717) is 6.04 Å². The molecule has 1 aliphatic heterocycles. The standard InChI is InChI=1S/C14H19N5O/c1-9-8-11-12(15-9)17-14(19-4-6-20-7-5-19)18-13(11)16-10-2-3-10/h8,10H,2-7H2,1H3,(H2,15,16,17,18). The van der Waals surface area contributed by atoms with Gasteiger partial charge in [-0.3, -0.25) is 0 Å². The van der Waals surface area contributed by atoms with Crippen LogP contribution in [0.2, 0.25) is 0 Å². The second kappa shape index (κ2) is 4.63. The Morgan fingerprint density at radius 2 is 2.10 bits per heavy atom. The molecule has 0 bridgehead atoms. The average Bonchev–Trinajstić information content (AvgIpc) is 3.19. The van der Waals surface area contributed by atoms with Crippen LogP contribution in [0.1, 0.15) is 18.5 Å². The second-order valence-electron chi connectivity index (χ2n) is 5.60. The van der Waals surface area contributed by atoms with Crippen LogP contribution in [0.15, 0.2) is 6.07 Å². The number of hydrogen-bond acceptors (Lipinski definition) is 5. The first-order valence-electron chi connectivity index (χ1n) is 7.26. The predicted octanol–water partition coefficient (Wildman–Crippen LogP) is 1.68. The number of nitrogens with one attached hydrogen (secondary N) is 2. The summed E-state index contributed by atoms with van der Waals surface area (Å²) in [6, 6.07) is 2.70. The number of rotatable bonds is 3. The quantitative estimate of drug-likeness (QED) is 0.890. The highest BCUT2D eigenvalue weighted by Crippen LogP contribution is 2.30. The monoisotopic (exact) mass is 273 g/mol. The molecule has 0 radical (unpaired) electrons. The van der Waals surface area contributed by atoms with Crippen molar-refractivity contribution in [3.63, 3.8) is 0 Å². The van der Waals surface area contributed by atoms with E-state index < -0.39 is 0 Å². The van der Waals surface area contributed by atoms with Gasteiger partial charge in [-0.25, -0.2) is 0 Å². The maximum atomic E-state index is 5.40. The van der Waals surface area contributed by atoms with Gasteiger partial charge in [0.25, 0.3) is 0 Å². The SMILES string of the molecule is Cc1cc2c(NC3CC3)nc(N3CCOCC3)nc2[nH]1. The van der Waals surface area contributed by atoms with Crippen LogP contribution in [0, 0.1) is 6.92 Å². The molecule has 2 N–H and O–H groups in total. The van der Waals surface area contributed by atoms with Gasteiger partial charge in [-0.2, -0.15) is 9.97 Å². The number of H-pyrrole nitrogens is 1. The molecule has 0 spiro atoms. The van der Waals surface area contributed by atoms with Crippen molar-refractivity contribution in [1.82, 2.24) is 15.0 Å². The van der Waals surface area contributed by atoms with Crippen LogP contribution in [0.4, 0.5) is 11.8 Å². The number of aryl methyl sites for hydroxylation is 1. The Kier molecular flexibility index (Phi) is 2.77. The minimum atomic E-state index is 0.584. The van der Waals surface area contributed by atoms with Crippen molar-refractivity contribution in [3.05, 3.63) is 11.8 Å². The molecule has 2 aromatic heterocycles. The molecule has 2 aliphatic rings. The van der Waals surface area contributed by atoms with Crippen LogP contribution in [-0.2, 0) is 4.74 Å². The molecule has 0 aromatic carbocycles. The summed E-state index contributed by atoms with van der Waals surface area (Å²) >= 11 is 0. The minimum absolute atomic E-state index is 0.584. The zero-order chi connectivity index (χ0) is 13.5. The van der Waals surface area contributed by atoms with Gasteiger partial charge < -0.3 is 19.9 Å². The van der Waals surface area contributed by atoms with Crippen LogP contribution in [0.3, 0.4) is 0 Å². The number of morpholine rings is 1. The van der Waals surface area contributed by atoms with Gasteiger partial charge >= 0.3 is 0 Å². The topological polar surface area (TPSA) is 66.1 Å². The normalized spacial score (nSPS) is 19.6. The van der Waals surface area contributed by atoms with E-state index in [4.69, 9.17) is 9.72 Å². The summed E-state index contributed by atoms with van der Waals surface area (Å²) in [4.78, 5) is 14.9. The van der Waals surface area contributed by atoms with Crippen LogP contribution in [0.25, 0.3) is 11.0 Å². The average molecular weight is 273 g/mol. The van der Waals surface area contributed by atoms with Crippen molar-refractivity contribution >= 4 is 22.8 Å². The lowest BCUT2D eigenvalue weighted by molar-refractivity contribution is 0.122. The fourth-order valence-electron chi connectivity index (χ4n) is 2.56. The number of aromatic amines is 1. The van der Waals surface area contributed by atoms with Crippen molar-refractivity contribution < 1.29 is 4.74 Å². The first kappa shape index (κ1) is 12.0. The summed E-state index contributed by atoms with van der Waals surface area (Å²) in [6.07, 6.45) is 2.48. The molecular formula is C14H19N5O. The van der Waals surface area contributed by atoms with Gasteiger partial charge in [0.05, 0.1) is 18.6 Å². The number of aromatic nitrogens is 3. The molecule has 20 heavy (non-hydrogen) atoms. The fourth-order valence-corrected chi connectivity index (χ4v) is 2.56. The molecule has 1 saturated carbocycles. The molecule has 0 atom stereocenters. The third-order valence-corrected chi connectivity index (χ3v) is 3.82.